The molecule has 122 valence electrons. The Morgan fingerprint density at radius 2 is 1.96 bits per heavy atom. The quantitative estimate of drug-likeness (QED) is 0.763. The Morgan fingerprint density at radius 3 is 2.61 bits per heavy atom. The van der Waals surface area contributed by atoms with E-state index in [0.29, 0.717) is 10.8 Å². The summed E-state index contributed by atoms with van der Waals surface area (Å²) in [5.74, 6) is 0.467. The number of hydrogen-bond acceptors (Lipinski definition) is 3. The largest absolute Gasteiger partial charge is 0.495 e. The van der Waals surface area contributed by atoms with Gasteiger partial charge in [0.15, 0.2) is 0 Å². The minimum atomic E-state index is -0.138. The standard InChI is InChI=1S/C17H18BrClN2O2/c1-10-6-12(4-5-13(10)18)21-17(22)9-20-15-7-11(2)14(19)8-16(15)23-3/h4-8,20H,9H2,1-3H3,(H,21,22). The second kappa shape index (κ2) is 7.70. The van der Waals surface area contributed by atoms with Crippen molar-refractivity contribution in [2.24, 2.45) is 0 Å². The number of methoxy groups -OCH3 is 1. The second-order valence-electron chi connectivity index (χ2n) is 5.17. The first-order chi connectivity index (χ1) is 10.9. The van der Waals surface area contributed by atoms with Gasteiger partial charge in [0.05, 0.1) is 19.3 Å². The molecule has 0 heterocycles. The number of carbonyl (C=O) groups excluding carboxylic acids is 1. The third-order valence-electron chi connectivity index (χ3n) is 3.36. The van der Waals surface area contributed by atoms with Gasteiger partial charge in [0.2, 0.25) is 5.91 Å². The molecule has 0 saturated heterocycles. The number of amides is 1. The number of halogens is 2. The average Bonchev–Trinajstić information content (AvgIpc) is 2.51. The summed E-state index contributed by atoms with van der Waals surface area (Å²) < 4.78 is 6.29. The molecule has 1 amide bonds. The summed E-state index contributed by atoms with van der Waals surface area (Å²) in [6.07, 6.45) is 0. The van der Waals surface area contributed by atoms with Crippen molar-refractivity contribution in [1.82, 2.24) is 0 Å². The number of anilines is 2. The van der Waals surface area contributed by atoms with Crippen molar-refractivity contribution >= 4 is 44.8 Å². The van der Waals surface area contributed by atoms with Crippen LogP contribution in [0.4, 0.5) is 11.4 Å². The van der Waals surface area contributed by atoms with Crippen molar-refractivity contribution < 1.29 is 9.53 Å². The Labute approximate surface area is 149 Å². The molecule has 23 heavy (non-hydrogen) atoms. The van der Waals surface area contributed by atoms with Crippen LogP contribution in [0.3, 0.4) is 0 Å². The number of rotatable bonds is 5. The number of nitrogens with one attached hydrogen (secondary N) is 2. The highest BCUT2D eigenvalue weighted by molar-refractivity contribution is 9.10. The lowest BCUT2D eigenvalue weighted by molar-refractivity contribution is -0.114. The van der Waals surface area contributed by atoms with Gasteiger partial charge >= 0.3 is 0 Å². The Morgan fingerprint density at radius 1 is 1.22 bits per heavy atom. The first kappa shape index (κ1) is 17.6. The fraction of sp³-hybridized carbons (Fsp3) is 0.235. The van der Waals surface area contributed by atoms with E-state index in [4.69, 9.17) is 16.3 Å². The van der Waals surface area contributed by atoms with E-state index in [1.807, 2.05) is 38.1 Å². The summed E-state index contributed by atoms with van der Waals surface area (Å²) in [6.45, 7) is 4.00. The van der Waals surface area contributed by atoms with E-state index in [2.05, 4.69) is 26.6 Å². The first-order valence-electron chi connectivity index (χ1n) is 7.04. The Hall–Kier alpha value is -1.72. The molecule has 2 aromatic rings. The smallest absolute Gasteiger partial charge is 0.243 e. The van der Waals surface area contributed by atoms with Crippen molar-refractivity contribution in [1.29, 1.82) is 0 Å². The summed E-state index contributed by atoms with van der Waals surface area (Å²) in [5.41, 5.74) is 3.47. The van der Waals surface area contributed by atoms with Gasteiger partial charge in [-0.25, -0.2) is 0 Å². The first-order valence-corrected chi connectivity index (χ1v) is 8.22. The zero-order valence-electron chi connectivity index (χ0n) is 13.2. The van der Waals surface area contributed by atoms with Gasteiger partial charge in [-0.05, 0) is 49.2 Å². The van der Waals surface area contributed by atoms with Crippen LogP contribution < -0.4 is 15.4 Å². The molecule has 0 atom stereocenters. The third-order valence-corrected chi connectivity index (χ3v) is 4.66. The van der Waals surface area contributed by atoms with Crippen LogP contribution in [0.15, 0.2) is 34.8 Å². The van der Waals surface area contributed by atoms with E-state index >= 15 is 0 Å². The molecule has 0 fully saturated rings. The van der Waals surface area contributed by atoms with Gasteiger partial charge in [-0.2, -0.15) is 0 Å². The summed E-state index contributed by atoms with van der Waals surface area (Å²) in [5, 5.41) is 6.55. The predicted octanol–water partition coefficient (Wildman–Crippen LogP) is 4.78. The maximum Gasteiger partial charge on any atom is 0.243 e. The van der Waals surface area contributed by atoms with Gasteiger partial charge < -0.3 is 15.4 Å². The van der Waals surface area contributed by atoms with E-state index < -0.39 is 0 Å². The number of carbonyl (C=O) groups is 1. The topological polar surface area (TPSA) is 50.4 Å². The Bertz CT molecular complexity index is 735. The minimum Gasteiger partial charge on any atom is -0.495 e. The molecule has 6 heteroatoms. The van der Waals surface area contributed by atoms with Crippen molar-refractivity contribution in [2.45, 2.75) is 13.8 Å². The normalized spacial score (nSPS) is 10.3. The molecule has 0 unspecified atom stereocenters. The van der Waals surface area contributed by atoms with Crippen molar-refractivity contribution in [3.05, 3.63) is 51.0 Å². The van der Waals surface area contributed by atoms with E-state index in [1.54, 1.807) is 13.2 Å². The minimum absolute atomic E-state index is 0.131. The van der Waals surface area contributed by atoms with Crippen LogP contribution in [0.2, 0.25) is 5.02 Å². The fourth-order valence-electron chi connectivity index (χ4n) is 2.07. The van der Waals surface area contributed by atoms with Crippen LogP contribution in [0.25, 0.3) is 0 Å². The van der Waals surface area contributed by atoms with Crippen LogP contribution in [0.5, 0.6) is 5.75 Å². The average molecular weight is 398 g/mol. The molecule has 0 saturated carbocycles. The maximum atomic E-state index is 12.1. The van der Waals surface area contributed by atoms with Crippen molar-refractivity contribution in [3.63, 3.8) is 0 Å². The van der Waals surface area contributed by atoms with Crippen LogP contribution in [-0.4, -0.2) is 19.6 Å². The molecule has 0 spiro atoms. The van der Waals surface area contributed by atoms with E-state index in [1.165, 1.54) is 0 Å². The maximum absolute atomic E-state index is 12.1. The van der Waals surface area contributed by atoms with Gasteiger partial charge in [0.25, 0.3) is 0 Å². The Balaban J connectivity index is 2.01. The molecule has 2 aromatic carbocycles. The monoisotopic (exact) mass is 396 g/mol. The SMILES string of the molecule is COc1cc(Cl)c(C)cc1NCC(=O)Nc1ccc(Br)c(C)c1. The summed E-state index contributed by atoms with van der Waals surface area (Å²) in [6, 6.07) is 9.26. The molecule has 0 bridgehead atoms. The molecule has 0 aliphatic rings. The highest BCUT2D eigenvalue weighted by Gasteiger charge is 2.09. The van der Waals surface area contributed by atoms with Gasteiger partial charge in [-0.15, -0.1) is 0 Å². The van der Waals surface area contributed by atoms with Gasteiger partial charge in [0, 0.05) is 21.2 Å². The highest BCUT2D eigenvalue weighted by atomic mass is 79.9. The molecule has 0 aliphatic heterocycles. The molecule has 0 aliphatic carbocycles. The zero-order chi connectivity index (χ0) is 17.0. The van der Waals surface area contributed by atoms with Crippen molar-refractivity contribution in [3.8, 4) is 5.75 Å². The van der Waals surface area contributed by atoms with Crippen LogP contribution >= 0.6 is 27.5 Å². The number of aryl methyl sites for hydroxylation is 2. The van der Waals surface area contributed by atoms with Crippen LogP contribution in [0, 0.1) is 13.8 Å². The lowest BCUT2D eigenvalue weighted by Gasteiger charge is -2.13. The lowest BCUT2D eigenvalue weighted by atomic mass is 10.2. The number of hydrogen-bond donors (Lipinski definition) is 2. The molecule has 4 nitrogen and oxygen atoms in total. The van der Waals surface area contributed by atoms with Crippen molar-refractivity contribution in [2.75, 3.05) is 24.3 Å². The highest BCUT2D eigenvalue weighted by Crippen LogP contribution is 2.30. The fourth-order valence-corrected chi connectivity index (χ4v) is 2.47. The van der Waals surface area contributed by atoms with Crippen LogP contribution in [-0.2, 0) is 4.79 Å². The molecule has 0 aromatic heterocycles. The molecular weight excluding hydrogens is 380 g/mol. The number of ether oxygens (including phenoxy) is 1. The summed E-state index contributed by atoms with van der Waals surface area (Å²) in [7, 11) is 1.57. The number of benzene rings is 2. The molecule has 0 radical (unpaired) electrons. The Kier molecular flexibility index (Phi) is 5.91. The van der Waals surface area contributed by atoms with Gasteiger partial charge in [0.1, 0.15) is 5.75 Å². The van der Waals surface area contributed by atoms with E-state index in [9.17, 15) is 4.79 Å². The van der Waals surface area contributed by atoms with Gasteiger partial charge in [-0.1, -0.05) is 27.5 Å². The van der Waals surface area contributed by atoms with E-state index in [0.717, 1.165) is 27.0 Å². The summed E-state index contributed by atoms with van der Waals surface area (Å²) in [4.78, 5) is 12.1. The third kappa shape index (κ3) is 4.62. The van der Waals surface area contributed by atoms with Crippen LogP contribution in [0.1, 0.15) is 11.1 Å². The second-order valence-corrected chi connectivity index (χ2v) is 6.43. The summed E-state index contributed by atoms with van der Waals surface area (Å²) >= 11 is 9.51. The van der Waals surface area contributed by atoms with Gasteiger partial charge in [-0.3, -0.25) is 4.79 Å². The predicted molar refractivity (Wildman–Crippen MR) is 98.7 cm³/mol. The van der Waals surface area contributed by atoms with E-state index in [-0.39, 0.29) is 12.5 Å². The molecule has 2 N–H and O–H groups in total. The molecular formula is C17H18BrClN2O2. The molecule has 2 rings (SSSR count). The lowest BCUT2D eigenvalue weighted by Crippen LogP contribution is -2.22. The zero-order valence-corrected chi connectivity index (χ0v) is 15.5.